The molecule has 0 radical (unpaired) electrons. The van der Waals surface area contributed by atoms with E-state index >= 15 is 0 Å². The van der Waals surface area contributed by atoms with E-state index in [4.69, 9.17) is 0 Å². The summed E-state index contributed by atoms with van der Waals surface area (Å²) in [4.78, 5) is 27.0. The van der Waals surface area contributed by atoms with Crippen LogP contribution in [0.25, 0.3) is 0 Å². The number of aromatic amines is 1. The average Bonchev–Trinajstić information content (AvgIpc) is 3.23. The van der Waals surface area contributed by atoms with Crippen molar-refractivity contribution >= 4 is 5.91 Å². The molecular weight excluding hydrogens is 316 g/mol. The summed E-state index contributed by atoms with van der Waals surface area (Å²) >= 11 is 0. The number of rotatable bonds is 3. The van der Waals surface area contributed by atoms with Crippen LogP contribution < -0.4 is 0 Å². The molecule has 2 aromatic rings. The summed E-state index contributed by atoms with van der Waals surface area (Å²) < 4.78 is 2.32. The molecule has 7 heteroatoms. The molecule has 2 aromatic heterocycles. The van der Waals surface area contributed by atoms with Crippen LogP contribution in [0.4, 0.5) is 0 Å². The molecule has 4 rings (SSSR count). The van der Waals surface area contributed by atoms with Crippen molar-refractivity contribution in [3.05, 3.63) is 41.7 Å². The van der Waals surface area contributed by atoms with E-state index in [9.17, 15) is 4.79 Å². The number of carbonyl (C=O) groups excluding carboxylic acids is 1. The Morgan fingerprint density at radius 2 is 2.00 bits per heavy atom. The van der Waals surface area contributed by atoms with E-state index in [0.29, 0.717) is 5.69 Å². The van der Waals surface area contributed by atoms with E-state index in [1.807, 2.05) is 23.2 Å². The van der Waals surface area contributed by atoms with Gasteiger partial charge in [-0.15, -0.1) is 0 Å². The van der Waals surface area contributed by atoms with Crippen molar-refractivity contribution in [3.8, 4) is 0 Å². The number of aromatic nitrogens is 3. The molecule has 1 fully saturated rings. The Morgan fingerprint density at radius 3 is 2.76 bits per heavy atom. The average molecular weight is 342 g/mol. The zero-order chi connectivity index (χ0) is 17.2. The molecule has 1 saturated heterocycles. The topological polar surface area (TPSA) is 60.4 Å². The van der Waals surface area contributed by atoms with Gasteiger partial charge >= 0.3 is 0 Å². The number of hydrogen-bond acceptors (Lipinski definition) is 4. The van der Waals surface area contributed by atoms with Gasteiger partial charge in [0.25, 0.3) is 5.91 Å². The van der Waals surface area contributed by atoms with Crippen LogP contribution in [-0.4, -0.2) is 81.5 Å². The third kappa shape index (κ3) is 3.48. The van der Waals surface area contributed by atoms with Crippen LogP contribution in [0.5, 0.6) is 0 Å². The maximum absolute atomic E-state index is 12.6. The van der Waals surface area contributed by atoms with Gasteiger partial charge in [0.05, 0.1) is 5.69 Å². The first-order valence-corrected chi connectivity index (χ1v) is 9.07. The Hall–Kier alpha value is -2.12. The van der Waals surface area contributed by atoms with Crippen LogP contribution in [0.15, 0.2) is 24.5 Å². The first-order chi connectivity index (χ1) is 12.2. The van der Waals surface area contributed by atoms with Crippen molar-refractivity contribution in [2.24, 2.45) is 0 Å². The minimum atomic E-state index is 0.0800. The summed E-state index contributed by atoms with van der Waals surface area (Å²) in [6.45, 7) is 7.69. The molecule has 1 amide bonds. The molecule has 0 spiro atoms. The lowest BCUT2D eigenvalue weighted by Gasteiger charge is -2.32. The molecule has 134 valence electrons. The van der Waals surface area contributed by atoms with Crippen LogP contribution in [0.2, 0.25) is 0 Å². The monoisotopic (exact) mass is 342 g/mol. The lowest BCUT2D eigenvalue weighted by molar-refractivity contribution is 0.0753. The van der Waals surface area contributed by atoms with Crippen molar-refractivity contribution < 1.29 is 4.79 Å². The third-order valence-corrected chi connectivity index (χ3v) is 5.32. The number of nitrogens with one attached hydrogen (secondary N) is 1. The molecule has 0 unspecified atom stereocenters. The van der Waals surface area contributed by atoms with Crippen molar-refractivity contribution in [3.63, 3.8) is 0 Å². The second kappa shape index (κ2) is 7.01. The Labute approximate surface area is 148 Å². The number of fused-ring (bicyclic) bond motifs is 1. The van der Waals surface area contributed by atoms with E-state index in [1.54, 1.807) is 6.20 Å². The van der Waals surface area contributed by atoms with Crippen molar-refractivity contribution in [2.75, 3.05) is 46.3 Å². The zero-order valence-electron chi connectivity index (χ0n) is 14.8. The predicted octanol–water partition coefficient (Wildman–Crippen LogP) is 0.657. The number of nitrogens with zero attached hydrogens (tertiary/aromatic N) is 5. The van der Waals surface area contributed by atoms with Gasteiger partial charge in [0.1, 0.15) is 11.5 Å². The van der Waals surface area contributed by atoms with Gasteiger partial charge in [0.2, 0.25) is 0 Å². The molecule has 0 bridgehead atoms. The molecule has 0 aromatic carbocycles. The fourth-order valence-corrected chi connectivity index (χ4v) is 3.69. The van der Waals surface area contributed by atoms with Gasteiger partial charge < -0.3 is 19.4 Å². The van der Waals surface area contributed by atoms with Gasteiger partial charge in [-0.2, -0.15) is 0 Å². The number of piperazine rings is 1. The first-order valence-electron chi connectivity index (χ1n) is 9.07. The van der Waals surface area contributed by atoms with Crippen LogP contribution in [0.1, 0.15) is 22.0 Å². The van der Waals surface area contributed by atoms with E-state index < -0.39 is 0 Å². The fourth-order valence-electron chi connectivity index (χ4n) is 3.69. The molecule has 0 saturated carbocycles. The second-order valence-corrected chi connectivity index (χ2v) is 7.02. The smallest absolute Gasteiger partial charge is 0.270 e. The second-order valence-electron chi connectivity index (χ2n) is 7.02. The highest BCUT2D eigenvalue weighted by atomic mass is 16.2. The number of imidazole rings is 1. The summed E-state index contributed by atoms with van der Waals surface area (Å²) in [5.74, 6) is 1.18. The van der Waals surface area contributed by atoms with E-state index in [-0.39, 0.29) is 5.91 Å². The van der Waals surface area contributed by atoms with Crippen LogP contribution >= 0.6 is 0 Å². The minimum Gasteiger partial charge on any atom is -0.357 e. The number of amides is 1. The molecule has 2 aliphatic heterocycles. The van der Waals surface area contributed by atoms with Gasteiger partial charge in [-0.1, -0.05) is 0 Å². The molecule has 4 heterocycles. The summed E-state index contributed by atoms with van der Waals surface area (Å²) in [5.41, 5.74) is 1.94. The van der Waals surface area contributed by atoms with E-state index in [1.165, 1.54) is 5.69 Å². The van der Waals surface area contributed by atoms with Gasteiger partial charge in [-0.3, -0.25) is 9.69 Å². The van der Waals surface area contributed by atoms with Crippen molar-refractivity contribution in [1.82, 2.24) is 29.2 Å². The molecule has 7 nitrogen and oxygen atoms in total. The SMILES string of the molecule is CN1CCN(Cc2cnc3n2CCN(C(=O)c2ccc[nH]2)CC3)CC1. The lowest BCUT2D eigenvalue weighted by Crippen LogP contribution is -2.44. The maximum Gasteiger partial charge on any atom is 0.270 e. The summed E-state index contributed by atoms with van der Waals surface area (Å²) in [7, 11) is 2.18. The number of H-pyrrole nitrogens is 1. The number of likely N-dealkylation sites (N-methyl/N-ethyl adjacent to an activating group) is 1. The minimum absolute atomic E-state index is 0.0800. The lowest BCUT2D eigenvalue weighted by atomic mass is 10.3. The van der Waals surface area contributed by atoms with Gasteiger partial charge in [-0.25, -0.2) is 4.98 Å². The number of carbonyl (C=O) groups is 1. The molecular formula is C18H26N6O. The quantitative estimate of drug-likeness (QED) is 0.890. The zero-order valence-corrected chi connectivity index (χ0v) is 14.8. The van der Waals surface area contributed by atoms with Crippen LogP contribution in [0, 0.1) is 0 Å². The predicted molar refractivity (Wildman–Crippen MR) is 95.4 cm³/mol. The fraction of sp³-hybridized carbons (Fsp3) is 0.556. The Bertz CT molecular complexity index is 714. The Kier molecular flexibility index (Phi) is 4.59. The highest BCUT2D eigenvalue weighted by Gasteiger charge is 2.23. The van der Waals surface area contributed by atoms with Crippen molar-refractivity contribution in [2.45, 2.75) is 19.5 Å². The highest BCUT2D eigenvalue weighted by molar-refractivity contribution is 5.92. The van der Waals surface area contributed by atoms with E-state index in [2.05, 4.69) is 31.4 Å². The summed E-state index contributed by atoms with van der Waals surface area (Å²) in [6, 6.07) is 3.70. The standard InChI is InChI=1S/C18H26N6O/c1-21-7-9-22(10-8-21)14-15-13-20-17-4-6-23(11-12-24(15)17)18(25)16-3-2-5-19-16/h2-3,5,13,19H,4,6-12,14H2,1H3. The van der Waals surface area contributed by atoms with Gasteiger partial charge in [0.15, 0.2) is 0 Å². The van der Waals surface area contributed by atoms with Gasteiger partial charge in [0, 0.05) is 71.2 Å². The van der Waals surface area contributed by atoms with E-state index in [0.717, 1.165) is 64.6 Å². The normalized spacial score (nSPS) is 19.6. The molecule has 0 aliphatic carbocycles. The summed E-state index contributed by atoms with van der Waals surface area (Å²) in [6.07, 6.45) is 4.63. The number of hydrogen-bond donors (Lipinski definition) is 1. The largest absolute Gasteiger partial charge is 0.357 e. The Balaban J connectivity index is 1.42. The summed E-state index contributed by atoms with van der Waals surface area (Å²) in [5, 5.41) is 0. The molecule has 25 heavy (non-hydrogen) atoms. The molecule has 1 N–H and O–H groups in total. The van der Waals surface area contributed by atoms with Crippen LogP contribution in [-0.2, 0) is 19.5 Å². The van der Waals surface area contributed by atoms with Gasteiger partial charge in [-0.05, 0) is 19.2 Å². The van der Waals surface area contributed by atoms with Crippen molar-refractivity contribution in [1.29, 1.82) is 0 Å². The third-order valence-electron chi connectivity index (χ3n) is 5.32. The maximum atomic E-state index is 12.6. The Morgan fingerprint density at radius 1 is 1.16 bits per heavy atom. The molecule has 2 aliphatic rings. The highest BCUT2D eigenvalue weighted by Crippen LogP contribution is 2.15. The molecule has 0 atom stereocenters. The van der Waals surface area contributed by atoms with Crippen LogP contribution in [0.3, 0.4) is 0 Å². The first kappa shape index (κ1) is 16.4.